The standard InChI is InChI=1S/C17H17F2NO/c1-2-21-17-9-6-11(10-15(17)19)20-16-8-7-12-13(16)4-3-5-14(12)18/h3-6,9-10,16,20H,2,7-8H2,1H3. The number of fused-ring (bicyclic) bond motifs is 1. The summed E-state index contributed by atoms with van der Waals surface area (Å²) < 4.78 is 32.7. The SMILES string of the molecule is CCOc1ccc(NC2CCc3c(F)cccc32)cc1F. The van der Waals surface area contributed by atoms with Gasteiger partial charge in [-0.05, 0) is 49.1 Å². The normalized spacial score (nSPS) is 16.6. The predicted octanol–water partition coefficient (Wildman–Crippen LogP) is 4.46. The molecule has 0 fully saturated rings. The number of halogens is 2. The minimum atomic E-state index is -0.390. The molecule has 1 aliphatic carbocycles. The van der Waals surface area contributed by atoms with Gasteiger partial charge in [0, 0.05) is 11.8 Å². The Kier molecular flexibility index (Phi) is 3.78. The van der Waals surface area contributed by atoms with Crippen molar-refractivity contribution in [1.29, 1.82) is 0 Å². The van der Waals surface area contributed by atoms with Gasteiger partial charge in [0.05, 0.1) is 12.6 Å². The van der Waals surface area contributed by atoms with Gasteiger partial charge >= 0.3 is 0 Å². The summed E-state index contributed by atoms with van der Waals surface area (Å²) in [7, 11) is 0. The van der Waals surface area contributed by atoms with Gasteiger partial charge < -0.3 is 10.1 Å². The van der Waals surface area contributed by atoms with Crippen LogP contribution in [0.4, 0.5) is 14.5 Å². The maximum atomic E-state index is 13.8. The van der Waals surface area contributed by atoms with Crippen molar-refractivity contribution in [3.05, 3.63) is 59.2 Å². The van der Waals surface area contributed by atoms with Gasteiger partial charge in [-0.1, -0.05) is 12.1 Å². The summed E-state index contributed by atoms with van der Waals surface area (Å²) in [4.78, 5) is 0. The second kappa shape index (κ2) is 5.72. The first kappa shape index (κ1) is 13.9. The van der Waals surface area contributed by atoms with Crippen molar-refractivity contribution in [2.75, 3.05) is 11.9 Å². The van der Waals surface area contributed by atoms with Crippen molar-refractivity contribution >= 4 is 5.69 Å². The number of benzene rings is 2. The molecule has 1 N–H and O–H groups in total. The number of anilines is 1. The lowest BCUT2D eigenvalue weighted by Gasteiger charge is -2.16. The molecule has 3 rings (SSSR count). The Hall–Kier alpha value is -2.10. The predicted molar refractivity (Wildman–Crippen MR) is 78.7 cm³/mol. The molecular weight excluding hydrogens is 272 g/mol. The van der Waals surface area contributed by atoms with Crippen molar-refractivity contribution in [2.24, 2.45) is 0 Å². The van der Waals surface area contributed by atoms with E-state index in [1.165, 1.54) is 12.1 Å². The van der Waals surface area contributed by atoms with E-state index in [2.05, 4.69) is 5.32 Å². The minimum absolute atomic E-state index is 0.0213. The molecule has 110 valence electrons. The number of hydrogen-bond donors (Lipinski definition) is 1. The smallest absolute Gasteiger partial charge is 0.167 e. The van der Waals surface area contributed by atoms with Crippen LogP contribution in [0, 0.1) is 11.6 Å². The molecule has 2 aromatic rings. The molecule has 0 saturated carbocycles. The van der Waals surface area contributed by atoms with Crippen LogP contribution in [0.2, 0.25) is 0 Å². The van der Waals surface area contributed by atoms with Crippen LogP contribution in [-0.2, 0) is 6.42 Å². The number of ether oxygens (including phenoxy) is 1. The Labute approximate surface area is 122 Å². The lowest BCUT2D eigenvalue weighted by Crippen LogP contribution is -2.07. The van der Waals surface area contributed by atoms with Gasteiger partial charge in [0.15, 0.2) is 11.6 Å². The highest BCUT2D eigenvalue weighted by Gasteiger charge is 2.24. The first-order chi connectivity index (χ1) is 10.2. The van der Waals surface area contributed by atoms with E-state index in [4.69, 9.17) is 4.74 Å². The lowest BCUT2D eigenvalue weighted by molar-refractivity contribution is 0.321. The third-order valence-corrected chi connectivity index (χ3v) is 3.79. The second-order valence-corrected chi connectivity index (χ2v) is 5.12. The van der Waals surface area contributed by atoms with Crippen LogP contribution in [-0.4, -0.2) is 6.61 Å². The highest BCUT2D eigenvalue weighted by molar-refractivity contribution is 5.51. The van der Waals surface area contributed by atoms with E-state index in [1.54, 1.807) is 18.2 Å². The maximum absolute atomic E-state index is 13.8. The van der Waals surface area contributed by atoms with Crippen molar-refractivity contribution in [3.63, 3.8) is 0 Å². The van der Waals surface area contributed by atoms with E-state index in [0.29, 0.717) is 18.7 Å². The Bertz CT molecular complexity index is 657. The van der Waals surface area contributed by atoms with E-state index in [-0.39, 0.29) is 23.4 Å². The molecule has 2 aromatic carbocycles. The number of nitrogens with one attached hydrogen (secondary N) is 1. The Balaban J connectivity index is 1.80. The lowest BCUT2D eigenvalue weighted by atomic mass is 10.1. The van der Waals surface area contributed by atoms with Crippen molar-refractivity contribution in [3.8, 4) is 5.75 Å². The van der Waals surface area contributed by atoms with E-state index >= 15 is 0 Å². The van der Waals surface area contributed by atoms with Gasteiger partial charge in [-0.3, -0.25) is 0 Å². The van der Waals surface area contributed by atoms with Crippen LogP contribution >= 0.6 is 0 Å². The molecule has 1 atom stereocenters. The fraction of sp³-hybridized carbons (Fsp3) is 0.294. The molecule has 1 unspecified atom stereocenters. The molecule has 0 heterocycles. The molecule has 0 radical (unpaired) electrons. The van der Waals surface area contributed by atoms with Gasteiger partial charge in [-0.25, -0.2) is 8.78 Å². The first-order valence-corrected chi connectivity index (χ1v) is 7.15. The van der Waals surface area contributed by atoms with Crippen LogP contribution in [0.25, 0.3) is 0 Å². The van der Waals surface area contributed by atoms with E-state index < -0.39 is 0 Å². The monoisotopic (exact) mass is 289 g/mol. The van der Waals surface area contributed by atoms with Gasteiger partial charge in [-0.2, -0.15) is 0 Å². The highest BCUT2D eigenvalue weighted by atomic mass is 19.1. The number of rotatable bonds is 4. The minimum Gasteiger partial charge on any atom is -0.491 e. The quantitative estimate of drug-likeness (QED) is 0.897. The van der Waals surface area contributed by atoms with Gasteiger partial charge in [-0.15, -0.1) is 0 Å². The zero-order chi connectivity index (χ0) is 14.8. The molecule has 0 aliphatic heterocycles. The molecule has 0 aromatic heterocycles. The summed E-state index contributed by atoms with van der Waals surface area (Å²) in [6, 6.07) is 9.96. The fourth-order valence-corrected chi connectivity index (χ4v) is 2.82. The summed E-state index contributed by atoms with van der Waals surface area (Å²) in [5.74, 6) is -0.296. The van der Waals surface area contributed by atoms with Crippen LogP contribution in [0.15, 0.2) is 36.4 Å². The third kappa shape index (κ3) is 2.71. The average molecular weight is 289 g/mol. The zero-order valence-corrected chi connectivity index (χ0v) is 11.8. The second-order valence-electron chi connectivity index (χ2n) is 5.12. The topological polar surface area (TPSA) is 21.3 Å². The number of hydrogen-bond acceptors (Lipinski definition) is 2. The molecule has 1 aliphatic rings. The van der Waals surface area contributed by atoms with Crippen molar-refractivity contribution in [1.82, 2.24) is 0 Å². The van der Waals surface area contributed by atoms with E-state index in [0.717, 1.165) is 17.5 Å². The first-order valence-electron chi connectivity index (χ1n) is 7.15. The van der Waals surface area contributed by atoms with Crippen LogP contribution in [0.3, 0.4) is 0 Å². The van der Waals surface area contributed by atoms with Crippen LogP contribution in [0.1, 0.15) is 30.5 Å². The molecular formula is C17H17F2NO. The largest absolute Gasteiger partial charge is 0.491 e. The molecule has 0 bridgehead atoms. The van der Waals surface area contributed by atoms with Crippen LogP contribution < -0.4 is 10.1 Å². The van der Waals surface area contributed by atoms with Gasteiger partial charge in [0.2, 0.25) is 0 Å². The molecule has 4 heteroatoms. The third-order valence-electron chi connectivity index (χ3n) is 3.79. The highest BCUT2D eigenvalue weighted by Crippen LogP contribution is 2.35. The fourth-order valence-electron chi connectivity index (χ4n) is 2.82. The van der Waals surface area contributed by atoms with Crippen LogP contribution in [0.5, 0.6) is 5.75 Å². The molecule has 21 heavy (non-hydrogen) atoms. The summed E-state index contributed by atoms with van der Waals surface area (Å²) in [6.45, 7) is 2.24. The Morgan fingerprint density at radius 3 is 2.81 bits per heavy atom. The van der Waals surface area contributed by atoms with Crippen molar-refractivity contribution < 1.29 is 13.5 Å². The zero-order valence-electron chi connectivity index (χ0n) is 11.8. The van der Waals surface area contributed by atoms with E-state index in [1.807, 2.05) is 13.0 Å². The molecule has 0 saturated heterocycles. The van der Waals surface area contributed by atoms with E-state index in [9.17, 15) is 8.78 Å². The average Bonchev–Trinajstić information content (AvgIpc) is 2.87. The summed E-state index contributed by atoms with van der Waals surface area (Å²) in [5, 5.41) is 3.27. The molecule has 0 amide bonds. The van der Waals surface area contributed by atoms with Gasteiger partial charge in [0.1, 0.15) is 5.82 Å². The summed E-state index contributed by atoms with van der Waals surface area (Å²) in [6.07, 6.45) is 1.52. The summed E-state index contributed by atoms with van der Waals surface area (Å²) in [5.41, 5.74) is 2.41. The van der Waals surface area contributed by atoms with Crippen molar-refractivity contribution in [2.45, 2.75) is 25.8 Å². The molecule has 2 nitrogen and oxygen atoms in total. The Morgan fingerprint density at radius 1 is 1.19 bits per heavy atom. The Morgan fingerprint density at radius 2 is 2.05 bits per heavy atom. The maximum Gasteiger partial charge on any atom is 0.167 e. The summed E-state index contributed by atoms with van der Waals surface area (Å²) >= 11 is 0. The van der Waals surface area contributed by atoms with Gasteiger partial charge in [0.25, 0.3) is 0 Å². The molecule has 0 spiro atoms.